The van der Waals surface area contributed by atoms with Gasteiger partial charge >= 0.3 is 5.97 Å². The van der Waals surface area contributed by atoms with Crippen molar-refractivity contribution < 1.29 is 9.53 Å². The summed E-state index contributed by atoms with van der Waals surface area (Å²) in [7, 11) is 0. The number of esters is 1. The fraction of sp³-hybridized carbons (Fsp3) is 0.909. The number of hydrogen-bond donors (Lipinski definition) is 1. The van der Waals surface area contributed by atoms with E-state index in [1.807, 2.05) is 6.92 Å². The molecule has 0 aromatic heterocycles. The van der Waals surface area contributed by atoms with E-state index in [2.05, 4.69) is 0 Å². The summed E-state index contributed by atoms with van der Waals surface area (Å²) in [6.07, 6.45) is 5.45. The van der Waals surface area contributed by atoms with Crippen molar-refractivity contribution in [2.45, 2.75) is 44.6 Å². The van der Waals surface area contributed by atoms with Crippen molar-refractivity contribution in [3.8, 4) is 0 Å². The molecule has 2 rings (SSSR count). The third-order valence-corrected chi connectivity index (χ3v) is 3.64. The lowest BCUT2D eigenvalue weighted by molar-refractivity contribution is -0.151. The average Bonchev–Trinajstić information content (AvgIpc) is 2.46. The summed E-state index contributed by atoms with van der Waals surface area (Å²) in [5.74, 6) is 1.16. The molecule has 3 nitrogen and oxygen atoms in total. The molecular weight excluding hydrogens is 178 g/mol. The summed E-state index contributed by atoms with van der Waals surface area (Å²) in [5.41, 5.74) is 5.47. The molecule has 0 aromatic carbocycles. The van der Waals surface area contributed by atoms with Crippen molar-refractivity contribution >= 4 is 5.97 Å². The molecule has 2 aliphatic carbocycles. The Morgan fingerprint density at radius 2 is 2.00 bits per heavy atom. The van der Waals surface area contributed by atoms with Crippen molar-refractivity contribution in [2.75, 3.05) is 6.61 Å². The molecule has 14 heavy (non-hydrogen) atoms. The van der Waals surface area contributed by atoms with Crippen LogP contribution >= 0.6 is 0 Å². The number of carbonyl (C=O) groups is 1. The first kappa shape index (κ1) is 9.97. The number of nitrogens with two attached hydrogens (primary N) is 1. The number of hydrogen-bond acceptors (Lipinski definition) is 3. The van der Waals surface area contributed by atoms with Gasteiger partial charge in [-0.1, -0.05) is 12.8 Å². The van der Waals surface area contributed by atoms with E-state index in [1.54, 1.807) is 0 Å². The summed E-state index contributed by atoms with van der Waals surface area (Å²) in [4.78, 5) is 11.7. The largest absolute Gasteiger partial charge is 0.465 e. The lowest BCUT2D eigenvalue weighted by atomic mass is 9.76. The fourth-order valence-corrected chi connectivity index (χ4v) is 3.10. The maximum Gasteiger partial charge on any atom is 0.326 e. The predicted molar refractivity (Wildman–Crippen MR) is 53.6 cm³/mol. The molecule has 2 bridgehead atoms. The summed E-state index contributed by atoms with van der Waals surface area (Å²) in [5, 5.41) is 0. The first-order chi connectivity index (χ1) is 6.64. The van der Waals surface area contributed by atoms with Gasteiger partial charge in [0, 0.05) is 0 Å². The lowest BCUT2D eigenvalue weighted by Gasteiger charge is -2.35. The Hall–Kier alpha value is -0.570. The predicted octanol–water partition coefficient (Wildman–Crippen LogP) is 1.46. The quantitative estimate of drug-likeness (QED) is 0.682. The molecule has 80 valence electrons. The van der Waals surface area contributed by atoms with Crippen molar-refractivity contribution in [3.05, 3.63) is 0 Å². The molecular formula is C11H19NO2. The van der Waals surface area contributed by atoms with Crippen LogP contribution in [0.3, 0.4) is 0 Å². The molecule has 0 aliphatic heterocycles. The second-order valence-electron chi connectivity index (χ2n) is 4.83. The zero-order chi connectivity index (χ0) is 10.2. The first-order valence-corrected chi connectivity index (χ1v) is 5.60. The van der Waals surface area contributed by atoms with Crippen LogP contribution in [0.15, 0.2) is 0 Å². The van der Waals surface area contributed by atoms with Gasteiger partial charge in [0.2, 0.25) is 0 Å². The Morgan fingerprint density at radius 1 is 1.43 bits per heavy atom. The third kappa shape index (κ3) is 1.65. The molecule has 3 atom stereocenters. The number of rotatable bonds is 2. The van der Waals surface area contributed by atoms with Gasteiger partial charge in [-0.05, 0) is 38.0 Å². The highest BCUT2D eigenvalue weighted by atomic mass is 16.5. The standard InChI is InChI=1S/C11H19NO2/c1-2-14-10(13)11(12)6-8-3-4-9(5-8)7-11/h8-9H,2-7,12H2,1H3/t8-,9+,11?. The van der Waals surface area contributed by atoms with Crippen LogP contribution in [0.4, 0.5) is 0 Å². The first-order valence-electron chi connectivity index (χ1n) is 5.60. The molecule has 2 N–H and O–H groups in total. The highest BCUT2D eigenvalue weighted by Gasteiger charge is 2.46. The summed E-state index contributed by atoms with van der Waals surface area (Å²) in [6.45, 7) is 2.27. The Bertz CT molecular complexity index is 227. The molecule has 0 aromatic rings. The molecule has 0 amide bonds. The minimum atomic E-state index is -0.667. The SMILES string of the molecule is CCOC(=O)C1(N)C[C@@H]2CC[C@@H](C2)C1. The van der Waals surface area contributed by atoms with Gasteiger partial charge in [0.15, 0.2) is 0 Å². The lowest BCUT2D eigenvalue weighted by Crippen LogP contribution is -2.52. The molecule has 2 saturated carbocycles. The zero-order valence-electron chi connectivity index (χ0n) is 8.79. The molecule has 0 spiro atoms. The van der Waals surface area contributed by atoms with Gasteiger partial charge in [-0.15, -0.1) is 0 Å². The van der Waals surface area contributed by atoms with E-state index in [9.17, 15) is 4.79 Å². The minimum absolute atomic E-state index is 0.184. The summed E-state index contributed by atoms with van der Waals surface area (Å²) < 4.78 is 5.04. The molecule has 2 aliphatic rings. The molecule has 0 heterocycles. The van der Waals surface area contributed by atoms with E-state index in [1.165, 1.54) is 19.3 Å². The fourth-order valence-electron chi connectivity index (χ4n) is 3.10. The van der Waals surface area contributed by atoms with Gasteiger partial charge in [0.25, 0.3) is 0 Å². The number of fused-ring (bicyclic) bond motifs is 2. The molecule has 3 heteroatoms. The molecule has 2 fully saturated rings. The monoisotopic (exact) mass is 197 g/mol. The van der Waals surface area contributed by atoms with Gasteiger partial charge in [-0.2, -0.15) is 0 Å². The van der Waals surface area contributed by atoms with E-state index >= 15 is 0 Å². The average molecular weight is 197 g/mol. The highest BCUT2D eigenvalue weighted by Crippen LogP contribution is 2.45. The summed E-state index contributed by atoms with van der Waals surface area (Å²) >= 11 is 0. The van der Waals surface area contributed by atoms with Gasteiger partial charge < -0.3 is 10.5 Å². The van der Waals surface area contributed by atoms with Gasteiger partial charge in [-0.3, -0.25) is 4.79 Å². The van der Waals surface area contributed by atoms with Crippen molar-refractivity contribution in [1.82, 2.24) is 0 Å². The number of ether oxygens (including phenoxy) is 1. The van der Waals surface area contributed by atoms with Crippen LogP contribution in [-0.4, -0.2) is 18.1 Å². The molecule has 0 radical (unpaired) electrons. The van der Waals surface area contributed by atoms with Gasteiger partial charge in [0.1, 0.15) is 5.54 Å². The van der Waals surface area contributed by atoms with E-state index in [-0.39, 0.29) is 5.97 Å². The van der Waals surface area contributed by atoms with Gasteiger partial charge in [-0.25, -0.2) is 0 Å². The Morgan fingerprint density at radius 3 is 2.50 bits per heavy atom. The van der Waals surface area contributed by atoms with E-state index < -0.39 is 5.54 Å². The van der Waals surface area contributed by atoms with E-state index in [0.29, 0.717) is 18.4 Å². The number of carbonyl (C=O) groups excluding carboxylic acids is 1. The van der Waals surface area contributed by atoms with Crippen molar-refractivity contribution in [3.63, 3.8) is 0 Å². The van der Waals surface area contributed by atoms with Crippen LogP contribution < -0.4 is 5.73 Å². The van der Waals surface area contributed by atoms with Crippen LogP contribution in [0.5, 0.6) is 0 Å². The van der Waals surface area contributed by atoms with Gasteiger partial charge in [0.05, 0.1) is 6.61 Å². The molecule has 0 saturated heterocycles. The van der Waals surface area contributed by atoms with Crippen LogP contribution in [0.1, 0.15) is 39.0 Å². The normalized spacial score (nSPS) is 41.0. The van der Waals surface area contributed by atoms with Crippen LogP contribution in [-0.2, 0) is 9.53 Å². The Labute approximate surface area is 85.0 Å². The maximum absolute atomic E-state index is 11.7. The van der Waals surface area contributed by atoms with Crippen LogP contribution in [0.25, 0.3) is 0 Å². The zero-order valence-corrected chi connectivity index (χ0v) is 8.79. The minimum Gasteiger partial charge on any atom is -0.465 e. The Kier molecular flexibility index (Phi) is 2.52. The second-order valence-corrected chi connectivity index (χ2v) is 4.83. The second kappa shape index (κ2) is 3.54. The topological polar surface area (TPSA) is 52.3 Å². The van der Waals surface area contributed by atoms with Crippen LogP contribution in [0, 0.1) is 11.8 Å². The van der Waals surface area contributed by atoms with Crippen LogP contribution in [0.2, 0.25) is 0 Å². The smallest absolute Gasteiger partial charge is 0.326 e. The Balaban J connectivity index is 2.05. The van der Waals surface area contributed by atoms with Crippen molar-refractivity contribution in [2.24, 2.45) is 17.6 Å². The maximum atomic E-state index is 11.7. The van der Waals surface area contributed by atoms with E-state index in [0.717, 1.165) is 12.8 Å². The summed E-state index contributed by atoms with van der Waals surface area (Å²) in [6, 6.07) is 0. The van der Waals surface area contributed by atoms with E-state index in [4.69, 9.17) is 10.5 Å². The third-order valence-electron chi connectivity index (χ3n) is 3.64. The van der Waals surface area contributed by atoms with Crippen molar-refractivity contribution in [1.29, 1.82) is 0 Å². The highest BCUT2D eigenvalue weighted by molar-refractivity contribution is 5.80. The molecule has 1 unspecified atom stereocenters.